The summed E-state index contributed by atoms with van der Waals surface area (Å²) in [5, 5.41) is 5.20. The number of benzene rings is 2. The third-order valence-electron chi connectivity index (χ3n) is 4.28. The summed E-state index contributed by atoms with van der Waals surface area (Å²) in [4.78, 5) is 37.2. The van der Waals surface area contributed by atoms with Crippen LogP contribution in [0.5, 0.6) is 0 Å². The van der Waals surface area contributed by atoms with Crippen molar-refractivity contribution in [3.8, 4) is 0 Å². The molecule has 2 heterocycles. The molecule has 0 aliphatic carbocycles. The maximum absolute atomic E-state index is 12.9. The van der Waals surface area contributed by atoms with Gasteiger partial charge in [0, 0.05) is 16.7 Å². The zero-order chi connectivity index (χ0) is 16.8. The van der Waals surface area contributed by atoms with Crippen LogP contribution in [0.4, 0.5) is 4.79 Å². The Hall–Kier alpha value is -3.35. The molecule has 7 heteroatoms. The van der Waals surface area contributed by atoms with Gasteiger partial charge in [0.25, 0.3) is 11.8 Å². The van der Waals surface area contributed by atoms with Gasteiger partial charge in [-0.25, -0.2) is 14.8 Å². The maximum Gasteiger partial charge on any atom is 0.314 e. The van der Waals surface area contributed by atoms with Crippen LogP contribution in [0, 0.1) is 0 Å². The largest absolute Gasteiger partial charge is 0.352 e. The highest BCUT2D eigenvalue weighted by atomic mass is 16.2. The molecule has 0 saturated carbocycles. The lowest BCUT2D eigenvalue weighted by Crippen LogP contribution is -2.61. The van der Waals surface area contributed by atoms with E-state index in [-0.39, 0.29) is 18.4 Å². The number of nitrogens with one attached hydrogen (secondary N) is 1. The van der Waals surface area contributed by atoms with Gasteiger partial charge in [-0.1, -0.05) is 36.4 Å². The van der Waals surface area contributed by atoms with Crippen LogP contribution in [-0.4, -0.2) is 27.9 Å². The lowest BCUT2D eigenvalue weighted by Gasteiger charge is -2.47. The van der Waals surface area contributed by atoms with Crippen molar-refractivity contribution in [2.45, 2.75) is 12.7 Å². The number of carbonyl (C=O) groups excluding carboxylic acids is 3. The normalized spacial score (nSPS) is 18.6. The van der Waals surface area contributed by atoms with Gasteiger partial charge in [-0.3, -0.25) is 9.59 Å². The van der Waals surface area contributed by atoms with Crippen molar-refractivity contribution in [1.82, 2.24) is 15.3 Å². The topological polar surface area (TPSA) is 95.7 Å². The fourth-order valence-electron chi connectivity index (χ4n) is 3.24. The van der Waals surface area contributed by atoms with Gasteiger partial charge in [-0.05, 0) is 17.7 Å². The summed E-state index contributed by atoms with van der Waals surface area (Å²) in [5.41, 5.74) is 7.56. The van der Waals surface area contributed by atoms with E-state index >= 15 is 0 Å². The summed E-state index contributed by atoms with van der Waals surface area (Å²) in [6, 6.07) is 13.2. The molecule has 0 aromatic heterocycles. The molecule has 3 N–H and O–H groups in total. The minimum atomic E-state index is -0.822. The van der Waals surface area contributed by atoms with Gasteiger partial charge in [0.1, 0.15) is 0 Å². The first-order valence-electron chi connectivity index (χ1n) is 7.46. The molecule has 0 radical (unpaired) electrons. The van der Waals surface area contributed by atoms with Crippen LogP contribution in [0.1, 0.15) is 38.0 Å². The van der Waals surface area contributed by atoms with Gasteiger partial charge in [0.05, 0.1) is 6.54 Å². The first-order chi connectivity index (χ1) is 11.6. The Labute approximate surface area is 137 Å². The number of hydrogen-bond acceptors (Lipinski definition) is 3. The molecule has 4 amide bonds. The second kappa shape index (κ2) is 5.09. The van der Waals surface area contributed by atoms with Crippen molar-refractivity contribution in [3.63, 3.8) is 0 Å². The summed E-state index contributed by atoms with van der Waals surface area (Å²) >= 11 is 0. The predicted molar refractivity (Wildman–Crippen MR) is 84.4 cm³/mol. The van der Waals surface area contributed by atoms with E-state index in [4.69, 9.17) is 5.73 Å². The van der Waals surface area contributed by atoms with Crippen LogP contribution in [-0.2, 0) is 6.54 Å². The van der Waals surface area contributed by atoms with Crippen molar-refractivity contribution >= 4 is 17.8 Å². The minimum absolute atomic E-state index is 0.256. The summed E-state index contributed by atoms with van der Waals surface area (Å²) in [7, 11) is 0. The Bertz CT molecular complexity index is 880. The smallest absolute Gasteiger partial charge is 0.314 e. The van der Waals surface area contributed by atoms with E-state index in [0.29, 0.717) is 16.7 Å². The van der Waals surface area contributed by atoms with Crippen LogP contribution in [0.3, 0.4) is 0 Å². The quantitative estimate of drug-likeness (QED) is 0.830. The Morgan fingerprint density at radius 3 is 2.42 bits per heavy atom. The lowest BCUT2D eigenvalue weighted by atomic mass is 9.96. The van der Waals surface area contributed by atoms with E-state index < -0.39 is 12.2 Å². The van der Waals surface area contributed by atoms with E-state index in [1.165, 1.54) is 10.0 Å². The SMILES string of the molecule is NC(=O)N[C@@H]1c2ccccc2C(=O)N2Cc3ccccc3C(=O)N12. The van der Waals surface area contributed by atoms with Crippen molar-refractivity contribution < 1.29 is 14.4 Å². The van der Waals surface area contributed by atoms with Crippen molar-refractivity contribution in [3.05, 3.63) is 70.8 Å². The molecule has 0 unspecified atom stereocenters. The highest BCUT2D eigenvalue weighted by molar-refractivity contribution is 6.04. The first kappa shape index (κ1) is 14.3. The highest BCUT2D eigenvalue weighted by Crippen LogP contribution is 2.36. The fraction of sp³-hybridized carbons (Fsp3) is 0.118. The molecule has 2 aliphatic heterocycles. The van der Waals surface area contributed by atoms with Crippen LogP contribution in [0.25, 0.3) is 0 Å². The second-order valence-corrected chi connectivity index (χ2v) is 5.67. The van der Waals surface area contributed by atoms with Gasteiger partial charge >= 0.3 is 6.03 Å². The molecule has 1 atom stereocenters. The Morgan fingerprint density at radius 2 is 1.67 bits per heavy atom. The summed E-state index contributed by atoms with van der Waals surface area (Å²) < 4.78 is 0. The van der Waals surface area contributed by atoms with Gasteiger partial charge in [0.2, 0.25) is 0 Å². The van der Waals surface area contributed by atoms with Crippen LogP contribution in [0.2, 0.25) is 0 Å². The van der Waals surface area contributed by atoms with Crippen molar-refractivity contribution in [2.75, 3.05) is 0 Å². The van der Waals surface area contributed by atoms with Gasteiger partial charge in [0.15, 0.2) is 6.17 Å². The standard InChI is InChI=1S/C17H14N4O3/c18-17(24)19-14-12-7-3-4-8-13(12)15(22)20-9-10-5-1-2-6-11(10)16(23)21(14)20/h1-8,14H,9H2,(H3,18,19,24)/t14-/m0/s1. The van der Waals surface area contributed by atoms with Gasteiger partial charge in [-0.15, -0.1) is 0 Å². The molecular formula is C17H14N4O3. The number of urea groups is 1. The molecule has 2 aromatic carbocycles. The molecule has 0 bridgehead atoms. The maximum atomic E-state index is 12.9. The zero-order valence-corrected chi connectivity index (χ0v) is 12.6. The number of nitrogens with two attached hydrogens (primary N) is 1. The molecule has 4 rings (SSSR count). The predicted octanol–water partition coefficient (Wildman–Crippen LogP) is 1.38. The second-order valence-electron chi connectivity index (χ2n) is 5.67. The van der Waals surface area contributed by atoms with Crippen molar-refractivity contribution in [2.24, 2.45) is 5.73 Å². The lowest BCUT2D eigenvalue weighted by molar-refractivity contribution is -0.0446. The molecule has 2 aliphatic rings. The summed E-state index contributed by atoms with van der Waals surface area (Å²) in [6.45, 7) is 0.256. The molecule has 2 aromatic rings. The average Bonchev–Trinajstić information content (AvgIpc) is 2.58. The number of primary amides is 1. The first-order valence-corrected chi connectivity index (χ1v) is 7.46. The zero-order valence-electron chi connectivity index (χ0n) is 12.6. The van der Waals surface area contributed by atoms with E-state index in [0.717, 1.165) is 5.56 Å². The molecule has 0 spiro atoms. The van der Waals surface area contributed by atoms with E-state index in [1.807, 2.05) is 12.1 Å². The number of hydrazine groups is 1. The van der Waals surface area contributed by atoms with Crippen molar-refractivity contribution in [1.29, 1.82) is 0 Å². The molecule has 0 saturated heterocycles. The molecule has 0 fully saturated rings. The Kier molecular flexibility index (Phi) is 3.02. The van der Waals surface area contributed by atoms with Crippen LogP contribution < -0.4 is 11.1 Å². The number of fused-ring (bicyclic) bond motifs is 3. The molecular weight excluding hydrogens is 308 g/mol. The number of amides is 4. The Morgan fingerprint density at radius 1 is 1.00 bits per heavy atom. The Balaban J connectivity index is 1.89. The van der Waals surface area contributed by atoms with E-state index in [9.17, 15) is 14.4 Å². The van der Waals surface area contributed by atoms with Gasteiger partial charge < -0.3 is 11.1 Å². The van der Waals surface area contributed by atoms with Gasteiger partial charge in [-0.2, -0.15) is 0 Å². The van der Waals surface area contributed by atoms with Crippen LogP contribution >= 0.6 is 0 Å². The monoisotopic (exact) mass is 322 g/mol. The summed E-state index contributed by atoms with van der Waals surface area (Å²) in [6.07, 6.45) is -0.822. The number of rotatable bonds is 1. The highest BCUT2D eigenvalue weighted by Gasteiger charge is 2.44. The summed E-state index contributed by atoms with van der Waals surface area (Å²) in [5.74, 6) is -0.630. The van der Waals surface area contributed by atoms with Crippen LogP contribution in [0.15, 0.2) is 48.5 Å². The minimum Gasteiger partial charge on any atom is -0.352 e. The third-order valence-corrected chi connectivity index (χ3v) is 4.28. The number of hydrogen-bond donors (Lipinski definition) is 2. The average molecular weight is 322 g/mol. The third kappa shape index (κ3) is 1.95. The molecule has 7 nitrogen and oxygen atoms in total. The fourth-order valence-corrected chi connectivity index (χ4v) is 3.24. The van der Waals surface area contributed by atoms with E-state index in [2.05, 4.69) is 5.32 Å². The van der Waals surface area contributed by atoms with E-state index in [1.54, 1.807) is 36.4 Å². The number of nitrogens with zero attached hydrogens (tertiary/aromatic N) is 2. The molecule has 120 valence electrons. The number of carbonyl (C=O) groups is 3. The molecule has 24 heavy (non-hydrogen) atoms.